The number of nitrogens with one attached hydrogen (secondary N) is 1. The largest absolute Gasteiger partial charge is 0.309 e. The summed E-state index contributed by atoms with van der Waals surface area (Å²) in [5.41, 5.74) is 0.834. The predicted molar refractivity (Wildman–Crippen MR) is 94.4 cm³/mol. The molecule has 1 aliphatic carbocycles. The molecule has 0 aromatic carbocycles. The van der Waals surface area contributed by atoms with E-state index in [4.69, 9.17) is 4.98 Å². The Morgan fingerprint density at radius 1 is 1.30 bits per heavy atom. The molecule has 1 fully saturated rings. The summed E-state index contributed by atoms with van der Waals surface area (Å²) in [4.78, 5) is 19.7. The molecule has 1 aliphatic rings. The Labute approximate surface area is 138 Å². The van der Waals surface area contributed by atoms with E-state index in [1.54, 1.807) is 0 Å². The lowest BCUT2D eigenvalue weighted by molar-refractivity contribution is 0.515. The van der Waals surface area contributed by atoms with E-state index in [1.807, 2.05) is 11.8 Å². The summed E-state index contributed by atoms with van der Waals surface area (Å²) in [6.45, 7) is 6.32. The second-order valence-electron chi connectivity index (χ2n) is 6.50. The van der Waals surface area contributed by atoms with Crippen LogP contribution in [0.5, 0.6) is 0 Å². The van der Waals surface area contributed by atoms with Crippen molar-refractivity contribution < 1.29 is 0 Å². The van der Waals surface area contributed by atoms with Crippen molar-refractivity contribution in [3.8, 4) is 0 Å². The number of hydrogen-bond donors (Lipinski definition) is 1. The summed E-state index contributed by atoms with van der Waals surface area (Å²) < 4.78 is 0.724. The minimum atomic E-state index is -0.0883. The van der Waals surface area contributed by atoms with Gasteiger partial charge in [0, 0.05) is 10.7 Å². The normalized spacial score (nSPS) is 17.4. The first-order valence-corrected chi connectivity index (χ1v) is 9.41. The predicted octanol–water partition coefficient (Wildman–Crippen LogP) is 4.24. The number of thioether (sulfide) groups is 1. The van der Waals surface area contributed by atoms with Crippen LogP contribution in [0.4, 0.5) is 0 Å². The molecule has 1 heterocycles. The van der Waals surface area contributed by atoms with Crippen LogP contribution in [0.3, 0.4) is 0 Å². The average molecular weight is 406 g/mol. The summed E-state index contributed by atoms with van der Waals surface area (Å²) in [5.74, 6) is 1.65. The van der Waals surface area contributed by atoms with E-state index in [-0.39, 0.29) is 11.0 Å². The Bertz CT molecular complexity index is 516. The zero-order valence-corrected chi connectivity index (χ0v) is 15.4. The highest BCUT2D eigenvalue weighted by Crippen LogP contribution is 2.30. The summed E-state index contributed by atoms with van der Waals surface area (Å²) in [5, 5.41) is 0.742. The number of halogens is 1. The van der Waals surface area contributed by atoms with Crippen molar-refractivity contribution in [1.82, 2.24) is 9.97 Å². The zero-order chi connectivity index (χ0) is 14.8. The first-order valence-electron chi connectivity index (χ1n) is 7.28. The van der Waals surface area contributed by atoms with Gasteiger partial charge in [0.25, 0.3) is 5.56 Å². The van der Waals surface area contributed by atoms with Crippen LogP contribution in [0, 0.1) is 3.57 Å². The van der Waals surface area contributed by atoms with Gasteiger partial charge in [0.15, 0.2) is 0 Å². The Kier molecular flexibility index (Phi) is 5.56. The fourth-order valence-electron chi connectivity index (χ4n) is 2.50. The lowest BCUT2D eigenvalue weighted by Gasteiger charge is -2.22. The van der Waals surface area contributed by atoms with Crippen molar-refractivity contribution in [2.75, 3.05) is 0 Å². The van der Waals surface area contributed by atoms with Crippen molar-refractivity contribution in [2.45, 2.75) is 69.3 Å². The molecule has 1 saturated carbocycles. The van der Waals surface area contributed by atoms with Crippen molar-refractivity contribution >= 4 is 34.4 Å². The second kappa shape index (κ2) is 6.81. The van der Waals surface area contributed by atoms with Crippen LogP contribution in [0.15, 0.2) is 4.79 Å². The fraction of sp³-hybridized carbons (Fsp3) is 0.733. The monoisotopic (exact) mass is 406 g/mol. The molecule has 1 N–H and O–H groups in total. The van der Waals surface area contributed by atoms with Crippen LogP contribution in [0.25, 0.3) is 0 Å². The highest BCUT2D eigenvalue weighted by atomic mass is 127. The summed E-state index contributed by atoms with van der Waals surface area (Å²) in [6.07, 6.45) is 6.70. The number of aromatic nitrogens is 2. The topological polar surface area (TPSA) is 45.8 Å². The summed E-state index contributed by atoms with van der Waals surface area (Å²) in [7, 11) is 0. The number of rotatable bonds is 3. The third-order valence-corrected chi connectivity index (χ3v) is 6.01. The van der Waals surface area contributed by atoms with Crippen molar-refractivity contribution in [3.05, 3.63) is 25.4 Å². The van der Waals surface area contributed by atoms with Gasteiger partial charge < -0.3 is 4.98 Å². The Morgan fingerprint density at radius 3 is 2.55 bits per heavy atom. The van der Waals surface area contributed by atoms with Gasteiger partial charge >= 0.3 is 0 Å². The van der Waals surface area contributed by atoms with Gasteiger partial charge in [0.2, 0.25) is 0 Å². The maximum atomic E-state index is 12.0. The van der Waals surface area contributed by atoms with Gasteiger partial charge in [-0.2, -0.15) is 11.8 Å². The molecule has 0 saturated heterocycles. The molecule has 3 nitrogen and oxygen atoms in total. The van der Waals surface area contributed by atoms with Crippen LogP contribution in [0.1, 0.15) is 64.4 Å². The smallest absolute Gasteiger partial charge is 0.264 e. The molecule has 0 radical (unpaired) electrons. The molecule has 1 aromatic heterocycles. The second-order valence-corrected chi connectivity index (χ2v) is 8.86. The number of aromatic amines is 1. The molecular weight excluding hydrogens is 383 g/mol. The van der Waals surface area contributed by atoms with Crippen LogP contribution in [-0.4, -0.2) is 15.2 Å². The van der Waals surface area contributed by atoms with Crippen molar-refractivity contribution in [3.63, 3.8) is 0 Å². The third kappa shape index (κ3) is 4.23. The lowest BCUT2D eigenvalue weighted by Crippen LogP contribution is -2.25. The number of H-pyrrole nitrogens is 1. The van der Waals surface area contributed by atoms with E-state index in [0.717, 1.165) is 26.1 Å². The Hall–Kier alpha value is -0.0400. The van der Waals surface area contributed by atoms with Gasteiger partial charge in [0.1, 0.15) is 9.39 Å². The van der Waals surface area contributed by atoms with Gasteiger partial charge in [-0.15, -0.1) is 0 Å². The quantitative estimate of drug-likeness (QED) is 0.764. The van der Waals surface area contributed by atoms with Gasteiger partial charge in [-0.25, -0.2) is 4.98 Å². The maximum absolute atomic E-state index is 12.0. The zero-order valence-electron chi connectivity index (χ0n) is 12.5. The summed E-state index contributed by atoms with van der Waals surface area (Å²) >= 11 is 4.05. The standard InChI is InChI=1S/C15H23IN2OS/c1-15(2,3)13-12(16)14(19)18-11(17-13)9-20-10-7-5-4-6-8-10/h10H,4-9H2,1-3H3,(H,17,18,19). The molecule has 0 atom stereocenters. The van der Waals surface area contributed by atoms with E-state index < -0.39 is 0 Å². The first-order chi connectivity index (χ1) is 9.38. The molecule has 20 heavy (non-hydrogen) atoms. The van der Waals surface area contributed by atoms with Gasteiger partial charge in [-0.1, -0.05) is 40.0 Å². The van der Waals surface area contributed by atoms with Crippen molar-refractivity contribution in [2.24, 2.45) is 0 Å². The van der Waals surface area contributed by atoms with Crippen LogP contribution < -0.4 is 5.56 Å². The Balaban J connectivity index is 2.12. The average Bonchev–Trinajstić information content (AvgIpc) is 2.40. The van der Waals surface area contributed by atoms with Crippen LogP contribution in [0.2, 0.25) is 0 Å². The molecular formula is C15H23IN2OS. The third-order valence-electron chi connectivity index (χ3n) is 3.63. The van der Waals surface area contributed by atoms with E-state index in [0.29, 0.717) is 0 Å². The highest BCUT2D eigenvalue weighted by molar-refractivity contribution is 14.1. The SMILES string of the molecule is CC(C)(C)c1nc(CSC2CCCCC2)[nH]c(=O)c1I. The molecule has 2 rings (SSSR count). The minimum absolute atomic E-state index is 0.00442. The van der Waals surface area contributed by atoms with Crippen molar-refractivity contribution in [1.29, 1.82) is 0 Å². The summed E-state index contributed by atoms with van der Waals surface area (Å²) in [6, 6.07) is 0. The molecule has 112 valence electrons. The Morgan fingerprint density at radius 2 is 1.95 bits per heavy atom. The fourth-order valence-corrected chi connectivity index (χ4v) is 4.76. The number of nitrogens with zero attached hydrogens (tertiary/aromatic N) is 1. The van der Waals surface area contributed by atoms with Crippen LogP contribution in [-0.2, 0) is 11.2 Å². The van der Waals surface area contributed by atoms with E-state index in [9.17, 15) is 4.79 Å². The molecule has 0 spiro atoms. The van der Waals surface area contributed by atoms with Crippen LogP contribution >= 0.6 is 34.4 Å². The lowest BCUT2D eigenvalue weighted by atomic mass is 9.92. The van der Waals surface area contributed by atoms with Gasteiger partial charge in [-0.3, -0.25) is 4.79 Å². The van der Waals surface area contributed by atoms with Gasteiger partial charge in [-0.05, 0) is 35.4 Å². The van der Waals surface area contributed by atoms with E-state index >= 15 is 0 Å². The highest BCUT2D eigenvalue weighted by Gasteiger charge is 2.22. The molecule has 0 aliphatic heterocycles. The molecule has 5 heteroatoms. The molecule has 0 unspecified atom stereocenters. The minimum Gasteiger partial charge on any atom is -0.309 e. The number of hydrogen-bond acceptors (Lipinski definition) is 3. The van der Waals surface area contributed by atoms with E-state index in [1.165, 1.54) is 32.1 Å². The molecule has 0 amide bonds. The van der Waals surface area contributed by atoms with E-state index in [2.05, 4.69) is 48.3 Å². The molecule has 1 aromatic rings. The molecule has 0 bridgehead atoms. The maximum Gasteiger partial charge on any atom is 0.264 e. The first kappa shape index (κ1) is 16.3. The van der Waals surface area contributed by atoms with Gasteiger partial charge in [0.05, 0.1) is 11.4 Å².